The Labute approximate surface area is 139 Å². The van der Waals surface area contributed by atoms with E-state index in [4.69, 9.17) is 16.7 Å². The van der Waals surface area contributed by atoms with E-state index in [9.17, 15) is 13.2 Å². The maximum absolute atomic E-state index is 11.7. The van der Waals surface area contributed by atoms with Gasteiger partial charge in [0.05, 0.1) is 4.90 Å². The topological polar surface area (TPSA) is 89.3 Å². The van der Waals surface area contributed by atoms with Crippen LogP contribution in [-0.4, -0.2) is 14.3 Å². The summed E-state index contributed by atoms with van der Waals surface area (Å²) in [4.78, 5) is 11.8. The van der Waals surface area contributed by atoms with Gasteiger partial charge in [0.2, 0.25) is 15.9 Å². The Morgan fingerprint density at radius 1 is 1.09 bits per heavy atom. The fourth-order valence-corrected chi connectivity index (χ4v) is 2.43. The molecule has 2 aromatic carbocycles. The number of carbonyl (C=O) groups excluding carboxylic acids is 1. The highest BCUT2D eigenvalue weighted by Crippen LogP contribution is 2.11. The Morgan fingerprint density at radius 2 is 1.70 bits per heavy atom. The first kappa shape index (κ1) is 17.2. The van der Waals surface area contributed by atoms with Gasteiger partial charge < -0.3 is 5.32 Å². The molecule has 0 unspecified atom stereocenters. The van der Waals surface area contributed by atoms with Gasteiger partial charge in [-0.05, 0) is 41.5 Å². The molecule has 0 aliphatic rings. The van der Waals surface area contributed by atoms with E-state index in [-0.39, 0.29) is 17.3 Å². The van der Waals surface area contributed by atoms with Crippen molar-refractivity contribution in [3.8, 4) is 0 Å². The lowest BCUT2D eigenvalue weighted by Crippen LogP contribution is -2.20. The van der Waals surface area contributed by atoms with Crippen molar-refractivity contribution in [2.24, 2.45) is 5.14 Å². The van der Waals surface area contributed by atoms with Gasteiger partial charge >= 0.3 is 0 Å². The summed E-state index contributed by atoms with van der Waals surface area (Å²) in [5, 5.41) is 8.36. The lowest BCUT2D eigenvalue weighted by Gasteiger charge is -2.04. The van der Waals surface area contributed by atoms with Crippen LogP contribution in [0.25, 0.3) is 6.08 Å². The number of nitrogens with two attached hydrogens (primary N) is 1. The van der Waals surface area contributed by atoms with Gasteiger partial charge in [-0.3, -0.25) is 4.79 Å². The monoisotopic (exact) mass is 350 g/mol. The van der Waals surface area contributed by atoms with E-state index in [2.05, 4.69) is 5.32 Å². The molecule has 3 N–H and O–H groups in total. The zero-order valence-electron chi connectivity index (χ0n) is 12.1. The number of hydrogen-bond donors (Lipinski definition) is 2. The number of primary sulfonamides is 1. The minimum Gasteiger partial charge on any atom is -0.348 e. The van der Waals surface area contributed by atoms with Crippen LogP contribution in [-0.2, 0) is 21.4 Å². The first-order chi connectivity index (χ1) is 10.8. The van der Waals surface area contributed by atoms with Crippen LogP contribution in [0, 0.1) is 0 Å². The number of sulfonamides is 1. The number of amides is 1. The van der Waals surface area contributed by atoms with Crippen LogP contribution < -0.4 is 10.5 Å². The van der Waals surface area contributed by atoms with E-state index < -0.39 is 10.0 Å². The molecule has 0 aliphatic carbocycles. The molecule has 23 heavy (non-hydrogen) atoms. The molecule has 0 fully saturated rings. The molecule has 2 aromatic rings. The van der Waals surface area contributed by atoms with Gasteiger partial charge in [-0.15, -0.1) is 0 Å². The minimum atomic E-state index is -3.70. The molecule has 0 heterocycles. The third-order valence-corrected chi connectivity index (χ3v) is 4.20. The zero-order chi connectivity index (χ0) is 16.9. The highest BCUT2D eigenvalue weighted by atomic mass is 35.5. The fourth-order valence-electron chi connectivity index (χ4n) is 1.79. The van der Waals surface area contributed by atoms with Crippen molar-refractivity contribution in [2.45, 2.75) is 11.4 Å². The smallest absolute Gasteiger partial charge is 0.244 e. The molecule has 0 bridgehead atoms. The zero-order valence-corrected chi connectivity index (χ0v) is 13.6. The summed E-state index contributed by atoms with van der Waals surface area (Å²) >= 11 is 5.78. The molecule has 0 aromatic heterocycles. The van der Waals surface area contributed by atoms with E-state index in [0.717, 1.165) is 11.1 Å². The first-order valence-corrected chi connectivity index (χ1v) is 8.60. The largest absolute Gasteiger partial charge is 0.348 e. The van der Waals surface area contributed by atoms with Crippen molar-refractivity contribution in [2.75, 3.05) is 0 Å². The Bertz CT molecular complexity index is 813. The predicted octanol–water partition coefficient (Wildman–Crippen LogP) is 2.32. The van der Waals surface area contributed by atoms with E-state index in [1.807, 2.05) is 0 Å². The van der Waals surface area contributed by atoms with E-state index in [1.54, 1.807) is 42.5 Å². The minimum absolute atomic E-state index is 0.0372. The highest BCUT2D eigenvalue weighted by Gasteiger charge is 2.06. The van der Waals surface area contributed by atoms with Crippen LogP contribution in [0.1, 0.15) is 11.1 Å². The molecule has 0 aliphatic heterocycles. The van der Waals surface area contributed by atoms with Crippen molar-refractivity contribution >= 4 is 33.6 Å². The average molecular weight is 351 g/mol. The molecule has 1 amide bonds. The van der Waals surface area contributed by atoms with Crippen LogP contribution in [0.5, 0.6) is 0 Å². The average Bonchev–Trinajstić information content (AvgIpc) is 2.52. The summed E-state index contributed by atoms with van der Waals surface area (Å²) in [5.74, 6) is -0.254. The summed E-state index contributed by atoms with van der Waals surface area (Å²) in [5.41, 5.74) is 1.63. The molecule has 120 valence electrons. The Morgan fingerprint density at radius 3 is 2.26 bits per heavy atom. The molecule has 7 heteroatoms. The molecule has 0 radical (unpaired) electrons. The van der Waals surface area contributed by atoms with Gasteiger partial charge in [-0.1, -0.05) is 35.9 Å². The van der Waals surface area contributed by atoms with Gasteiger partial charge in [0, 0.05) is 17.6 Å². The molecule has 0 spiro atoms. The number of carbonyl (C=O) groups is 1. The number of hydrogen-bond acceptors (Lipinski definition) is 3. The second-order valence-electron chi connectivity index (χ2n) is 4.79. The van der Waals surface area contributed by atoms with Crippen molar-refractivity contribution in [3.05, 3.63) is 70.8 Å². The van der Waals surface area contributed by atoms with Gasteiger partial charge in [0.25, 0.3) is 0 Å². The molecule has 0 atom stereocenters. The lowest BCUT2D eigenvalue weighted by atomic mass is 10.2. The molecular weight excluding hydrogens is 336 g/mol. The van der Waals surface area contributed by atoms with Crippen molar-refractivity contribution < 1.29 is 13.2 Å². The van der Waals surface area contributed by atoms with E-state index >= 15 is 0 Å². The van der Waals surface area contributed by atoms with Gasteiger partial charge in [0.1, 0.15) is 0 Å². The van der Waals surface area contributed by atoms with Gasteiger partial charge in [-0.25, -0.2) is 13.6 Å². The van der Waals surface area contributed by atoms with Crippen molar-refractivity contribution in [3.63, 3.8) is 0 Å². The van der Waals surface area contributed by atoms with Gasteiger partial charge in [-0.2, -0.15) is 0 Å². The summed E-state index contributed by atoms with van der Waals surface area (Å²) in [7, 11) is -3.70. The summed E-state index contributed by atoms with van der Waals surface area (Å²) < 4.78 is 22.3. The Hall–Kier alpha value is -2.15. The van der Waals surface area contributed by atoms with Crippen LogP contribution >= 0.6 is 11.6 Å². The van der Waals surface area contributed by atoms with Crippen LogP contribution in [0.2, 0.25) is 5.02 Å². The second-order valence-corrected chi connectivity index (χ2v) is 6.79. The van der Waals surface area contributed by atoms with E-state index in [0.29, 0.717) is 5.02 Å². The lowest BCUT2D eigenvalue weighted by molar-refractivity contribution is -0.116. The summed E-state index contributed by atoms with van der Waals surface area (Å²) in [6, 6.07) is 13.1. The normalized spacial score (nSPS) is 11.6. The van der Waals surface area contributed by atoms with Gasteiger partial charge in [0.15, 0.2) is 0 Å². The van der Waals surface area contributed by atoms with Crippen molar-refractivity contribution in [1.29, 1.82) is 0 Å². The fraction of sp³-hybridized carbons (Fsp3) is 0.0625. The number of halogens is 1. The Balaban J connectivity index is 1.90. The SMILES string of the molecule is NS(=O)(=O)c1ccc(CNC(=O)C=Cc2ccc(Cl)cc2)cc1. The van der Waals surface area contributed by atoms with Crippen molar-refractivity contribution in [1.82, 2.24) is 5.32 Å². The third-order valence-electron chi connectivity index (χ3n) is 3.02. The highest BCUT2D eigenvalue weighted by molar-refractivity contribution is 7.89. The maximum Gasteiger partial charge on any atom is 0.244 e. The van der Waals surface area contributed by atoms with Crippen LogP contribution in [0.15, 0.2) is 59.5 Å². The van der Waals surface area contributed by atoms with Crippen LogP contribution in [0.3, 0.4) is 0 Å². The third kappa shape index (κ3) is 5.52. The van der Waals surface area contributed by atoms with E-state index in [1.165, 1.54) is 18.2 Å². The number of nitrogens with one attached hydrogen (secondary N) is 1. The molecule has 0 saturated heterocycles. The summed E-state index contributed by atoms with van der Waals surface area (Å²) in [6.45, 7) is 0.286. The van der Waals surface area contributed by atoms with Crippen LogP contribution in [0.4, 0.5) is 0 Å². The Kier molecular flexibility index (Phi) is 5.54. The molecule has 2 rings (SSSR count). The second kappa shape index (κ2) is 7.41. The first-order valence-electron chi connectivity index (χ1n) is 6.68. The summed E-state index contributed by atoms with van der Waals surface area (Å²) in [6.07, 6.45) is 3.09. The molecule has 0 saturated carbocycles. The number of benzene rings is 2. The maximum atomic E-state index is 11.7. The predicted molar refractivity (Wildman–Crippen MR) is 90.1 cm³/mol. The molecular formula is C16H15ClN2O3S. The molecule has 5 nitrogen and oxygen atoms in total. The quantitative estimate of drug-likeness (QED) is 0.811. The standard InChI is InChI=1S/C16H15ClN2O3S/c17-14-6-1-12(2-7-14)5-10-16(20)19-11-13-3-8-15(9-4-13)23(18,21)22/h1-10H,11H2,(H,19,20)(H2,18,21,22). The number of rotatable bonds is 5.